The van der Waals surface area contributed by atoms with Gasteiger partial charge in [0.15, 0.2) is 0 Å². The number of urea groups is 1. The fourth-order valence-corrected chi connectivity index (χ4v) is 4.69. The van der Waals surface area contributed by atoms with Crippen LogP contribution in [0.25, 0.3) is 6.08 Å². The molecule has 8 heteroatoms. The smallest absolute Gasteiger partial charge is 0.321 e. The van der Waals surface area contributed by atoms with E-state index in [-0.39, 0.29) is 11.9 Å². The minimum Gasteiger partial charge on any atom is -0.496 e. The van der Waals surface area contributed by atoms with Crippen LogP contribution >= 0.6 is 15.9 Å². The average Bonchev–Trinajstić information content (AvgIpc) is 2.92. The quantitative estimate of drug-likeness (QED) is 0.331. The van der Waals surface area contributed by atoms with Crippen LogP contribution in [0, 0.1) is 0 Å². The Morgan fingerprint density at radius 1 is 1.05 bits per heavy atom. The van der Waals surface area contributed by atoms with Crippen LogP contribution in [0.15, 0.2) is 59.1 Å². The molecule has 0 bridgehead atoms. The van der Waals surface area contributed by atoms with Crippen LogP contribution in [-0.4, -0.2) is 79.6 Å². The van der Waals surface area contributed by atoms with E-state index in [1.807, 2.05) is 70.5 Å². The molecular weight excluding hydrogens is 532 g/mol. The zero-order chi connectivity index (χ0) is 26.5. The third-order valence-electron chi connectivity index (χ3n) is 6.57. The van der Waals surface area contributed by atoms with Gasteiger partial charge < -0.3 is 19.9 Å². The van der Waals surface area contributed by atoms with Crippen molar-refractivity contribution in [1.82, 2.24) is 14.7 Å². The molecule has 2 aromatic rings. The van der Waals surface area contributed by atoms with Crippen molar-refractivity contribution in [1.29, 1.82) is 0 Å². The minimum absolute atomic E-state index is 0.0826. The number of methoxy groups -OCH3 is 1. The number of benzene rings is 2. The van der Waals surface area contributed by atoms with E-state index >= 15 is 0 Å². The largest absolute Gasteiger partial charge is 0.496 e. The highest BCUT2D eigenvalue weighted by Crippen LogP contribution is 2.22. The third-order valence-corrected chi connectivity index (χ3v) is 7.26. The van der Waals surface area contributed by atoms with Crippen molar-refractivity contribution >= 4 is 39.6 Å². The number of nitrogens with one attached hydrogen (secondary N) is 1. The third kappa shape index (κ3) is 9.20. The molecule has 0 spiro atoms. The summed E-state index contributed by atoms with van der Waals surface area (Å²) >= 11 is 3.48. The maximum absolute atomic E-state index is 13.0. The lowest BCUT2D eigenvalue weighted by Gasteiger charge is -2.35. The normalized spacial score (nSPS) is 14.1. The van der Waals surface area contributed by atoms with Gasteiger partial charge >= 0.3 is 6.03 Å². The summed E-state index contributed by atoms with van der Waals surface area (Å²) in [6.45, 7) is 7.08. The monoisotopic (exact) mass is 570 g/mol. The summed E-state index contributed by atoms with van der Waals surface area (Å²) in [5.41, 5.74) is 1.77. The number of halogens is 1. The molecule has 3 amide bonds. The molecule has 2 aromatic carbocycles. The first-order valence-corrected chi connectivity index (χ1v) is 13.9. The molecule has 37 heavy (non-hydrogen) atoms. The molecule has 0 saturated carbocycles. The van der Waals surface area contributed by atoms with Crippen LogP contribution < -0.4 is 10.1 Å². The SMILES string of the molecule is CCCCCC(=O)N(C/C=C/c1ccccc1OC)CCN1CCN(C(=O)Nc2ccccc2Br)CC1. The van der Waals surface area contributed by atoms with Gasteiger partial charge in [-0.1, -0.05) is 62.2 Å². The summed E-state index contributed by atoms with van der Waals surface area (Å²) in [5.74, 6) is 1.02. The van der Waals surface area contributed by atoms with Gasteiger partial charge in [0.05, 0.1) is 12.8 Å². The molecule has 1 fully saturated rings. The van der Waals surface area contributed by atoms with E-state index in [0.717, 1.165) is 60.4 Å². The number of carbonyl (C=O) groups excluding carboxylic acids is 2. The molecule has 0 aromatic heterocycles. The summed E-state index contributed by atoms with van der Waals surface area (Å²) in [5, 5.41) is 2.98. The van der Waals surface area contributed by atoms with Crippen molar-refractivity contribution < 1.29 is 14.3 Å². The topological polar surface area (TPSA) is 65.1 Å². The first kappa shape index (κ1) is 28.7. The molecule has 1 saturated heterocycles. The Morgan fingerprint density at radius 2 is 1.78 bits per heavy atom. The lowest BCUT2D eigenvalue weighted by molar-refractivity contribution is -0.131. The Morgan fingerprint density at radius 3 is 2.51 bits per heavy atom. The molecule has 7 nitrogen and oxygen atoms in total. The molecule has 1 heterocycles. The van der Waals surface area contributed by atoms with Gasteiger partial charge in [-0.3, -0.25) is 9.69 Å². The van der Waals surface area contributed by atoms with Gasteiger partial charge in [-0.25, -0.2) is 4.79 Å². The summed E-state index contributed by atoms with van der Waals surface area (Å²) in [7, 11) is 1.67. The highest BCUT2D eigenvalue weighted by atomic mass is 79.9. The number of amides is 3. The van der Waals surface area contributed by atoms with Crippen molar-refractivity contribution in [3.8, 4) is 5.75 Å². The number of ether oxygens (including phenoxy) is 1. The van der Waals surface area contributed by atoms with Gasteiger partial charge in [0, 0.05) is 62.3 Å². The van der Waals surface area contributed by atoms with E-state index in [9.17, 15) is 9.59 Å². The highest BCUT2D eigenvalue weighted by Gasteiger charge is 2.22. The molecule has 1 aliphatic heterocycles. The van der Waals surface area contributed by atoms with Crippen LogP contribution in [0.2, 0.25) is 0 Å². The van der Waals surface area contributed by atoms with Crippen molar-refractivity contribution in [2.45, 2.75) is 32.6 Å². The van der Waals surface area contributed by atoms with Crippen LogP contribution in [-0.2, 0) is 4.79 Å². The van der Waals surface area contributed by atoms with Crippen molar-refractivity contribution in [3.63, 3.8) is 0 Å². The second kappa shape index (κ2) is 15.4. The Labute approximate surface area is 229 Å². The average molecular weight is 572 g/mol. The van der Waals surface area contributed by atoms with Gasteiger partial charge in [0.25, 0.3) is 0 Å². The number of piperazine rings is 1. The standard InChI is InChI=1S/C29H39BrN4O3/c1-3-4-5-16-28(35)33(17-10-12-24-11-6-9-15-27(24)37-2)21-18-32-19-22-34(23-20-32)29(36)31-26-14-8-7-13-25(26)30/h6-15H,3-5,16-23H2,1-2H3,(H,31,36)/b12-10+. The van der Waals surface area contributed by atoms with E-state index in [0.29, 0.717) is 32.6 Å². The fraction of sp³-hybridized carbons (Fsp3) is 0.448. The Kier molecular flexibility index (Phi) is 12.0. The number of anilines is 1. The zero-order valence-electron chi connectivity index (χ0n) is 22.0. The highest BCUT2D eigenvalue weighted by molar-refractivity contribution is 9.10. The second-order valence-corrected chi connectivity index (χ2v) is 10.0. The summed E-state index contributed by atoms with van der Waals surface area (Å²) in [6, 6.07) is 15.4. The molecule has 0 atom stereocenters. The second-order valence-electron chi connectivity index (χ2n) is 9.18. The van der Waals surface area contributed by atoms with Gasteiger partial charge in [0.2, 0.25) is 5.91 Å². The lowest BCUT2D eigenvalue weighted by atomic mass is 10.1. The zero-order valence-corrected chi connectivity index (χ0v) is 23.6. The molecule has 0 aliphatic carbocycles. The van der Waals surface area contributed by atoms with Crippen LogP contribution in [0.3, 0.4) is 0 Å². The van der Waals surface area contributed by atoms with E-state index in [1.165, 1.54) is 0 Å². The van der Waals surface area contributed by atoms with Gasteiger partial charge in [-0.2, -0.15) is 0 Å². The van der Waals surface area contributed by atoms with Crippen molar-refractivity contribution in [2.75, 3.05) is 58.2 Å². The number of unbranched alkanes of at least 4 members (excludes halogenated alkanes) is 2. The number of para-hydroxylation sites is 2. The molecule has 1 aliphatic rings. The van der Waals surface area contributed by atoms with Gasteiger partial charge in [-0.05, 0) is 40.5 Å². The molecule has 200 valence electrons. The van der Waals surface area contributed by atoms with E-state index in [2.05, 4.69) is 33.1 Å². The Hall–Kier alpha value is -2.84. The first-order chi connectivity index (χ1) is 18.0. The molecular formula is C29H39BrN4O3. The molecule has 0 radical (unpaired) electrons. The molecule has 0 unspecified atom stereocenters. The van der Waals surface area contributed by atoms with Crippen LogP contribution in [0.4, 0.5) is 10.5 Å². The fourth-order valence-electron chi connectivity index (χ4n) is 4.31. The van der Waals surface area contributed by atoms with Gasteiger partial charge in [0.1, 0.15) is 5.75 Å². The predicted octanol–water partition coefficient (Wildman–Crippen LogP) is 5.73. The van der Waals surface area contributed by atoms with Crippen molar-refractivity contribution in [3.05, 3.63) is 64.6 Å². The number of rotatable bonds is 12. The summed E-state index contributed by atoms with van der Waals surface area (Å²) < 4.78 is 6.30. The molecule has 1 N–H and O–H groups in total. The first-order valence-electron chi connectivity index (χ1n) is 13.1. The summed E-state index contributed by atoms with van der Waals surface area (Å²) in [6.07, 6.45) is 7.74. The number of nitrogens with zero attached hydrogens (tertiary/aromatic N) is 3. The lowest BCUT2D eigenvalue weighted by Crippen LogP contribution is -2.51. The van der Waals surface area contributed by atoms with E-state index in [1.54, 1.807) is 7.11 Å². The Bertz CT molecular complexity index is 1040. The summed E-state index contributed by atoms with van der Waals surface area (Å²) in [4.78, 5) is 31.8. The number of carbonyl (C=O) groups is 2. The van der Waals surface area contributed by atoms with E-state index < -0.39 is 0 Å². The molecule has 3 rings (SSSR count). The van der Waals surface area contributed by atoms with Crippen molar-refractivity contribution in [2.24, 2.45) is 0 Å². The van der Waals surface area contributed by atoms with Gasteiger partial charge in [-0.15, -0.1) is 0 Å². The predicted molar refractivity (Wildman–Crippen MR) is 154 cm³/mol. The minimum atomic E-state index is -0.0826. The maximum Gasteiger partial charge on any atom is 0.321 e. The van der Waals surface area contributed by atoms with Crippen LogP contribution in [0.5, 0.6) is 5.75 Å². The number of hydrogen-bond donors (Lipinski definition) is 1. The van der Waals surface area contributed by atoms with E-state index in [4.69, 9.17) is 4.74 Å². The Balaban J connectivity index is 1.51. The number of hydrogen-bond acceptors (Lipinski definition) is 4. The maximum atomic E-state index is 13.0. The van der Waals surface area contributed by atoms with Crippen LogP contribution in [0.1, 0.15) is 38.2 Å².